The Morgan fingerprint density at radius 2 is 2.07 bits per heavy atom. The third-order valence-corrected chi connectivity index (χ3v) is 2.66. The van der Waals surface area contributed by atoms with E-state index in [1.165, 1.54) is 0 Å². The van der Waals surface area contributed by atoms with E-state index in [0.29, 0.717) is 0 Å². The molecular formula is C13H15NO. The van der Waals surface area contributed by atoms with Crippen molar-refractivity contribution in [2.45, 2.75) is 26.2 Å². The van der Waals surface area contributed by atoms with Crippen molar-refractivity contribution in [3.63, 3.8) is 0 Å². The van der Waals surface area contributed by atoms with Crippen molar-refractivity contribution in [1.82, 2.24) is 4.98 Å². The van der Waals surface area contributed by atoms with Crippen LogP contribution in [0.25, 0.3) is 10.9 Å². The molecule has 15 heavy (non-hydrogen) atoms. The number of fused-ring (bicyclic) bond motifs is 1. The van der Waals surface area contributed by atoms with Gasteiger partial charge in [0.15, 0.2) is 5.43 Å². The Morgan fingerprint density at radius 1 is 1.27 bits per heavy atom. The summed E-state index contributed by atoms with van der Waals surface area (Å²) < 4.78 is 0. The zero-order chi connectivity index (χ0) is 10.7. The third-order valence-electron chi connectivity index (χ3n) is 2.66. The number of nitrogens with one attached hydrogen (secondary N) is 1. The number of hydrogen-bond acceptors (Lipinski definition) is 1. The first-order valence-electron chi connectivity index (χ1n) is 5.42. The maximum Gasteiger partial charge on any atom is 0.192 e. The SMILES string of the molecule is CCCCc1c[nH]c2ccccc2c1=O. The molecule has 0 aliphatic rings. The van der Waals surface area contributed by atoms with Gasteiger partial charge in [-0.15, -0.1) is 0 Å². The Balaban J connectivity index is 2.51. The topological polar surface area (TPSA) is 32.9 Å². The van der Waals surface area contributed by atoms with E-state index in [0.717, 1.165) is 35.7 Å². The predicted molar refractivity (Wildman–Crippen MR) is 63.2 cm³/mol. The van der Waals surface area contributed by atoms with E-state index in [1.54, 1.807) is 0 Å². The summed E-state index contributed by atoms with van der Waals surface area (Å²) in [6.45, 7) is 2.13. The number of aromatic amines is 1. The molecule has 1 heterocycles. The minimum Gasteiger partial charge on any atom is -0.361 e. The molecule has 0 bridgehead atoms. The zero-order valence-corrected chi connectivity index (χ0v) is 8.92. The van der Waals surface area contributed by atoms with Crippen molar-refractivity contribution in [2.24, 2.45) is 0 Å². The Morgan fingerprint density at radius 3 is 2.87 bits per heavy atom. The molecular weight excluding hydrogens is 186 g/mol. The lowest BCUT2D eigenvalue weighted by Gasteiger charge is -2.01. The van der Waals surface area contributed by atoms with Gasteiger partial charge in [-0.3, -0.25) is 4.79 Å². The van der Waals surface area contributed by atoms with Gasteiger partial charge in [0.25, 0.3) is 0 Å². The lowest BCUT2D eigenvalue weighted by molar-refractivity contribution is 0.790. The maximum atomic E-state index is 12.0. The number of aromatic nitrogens is 1. The van der Waals surface area contributed by atoms with Crippen LogP contribution in [0.5, 0.6) is 0 Å². The normalized spacial score (nSPS) is 10.7. The molecule has 0 aliphatic heterocycles. The van der Waals surface area contributed by atoms with Crippen molar-refractivity contribution in [1.29, 1.82) is 0 Å². The first-order chi connectivity index (χ1) is 7.33. The van der Waals surface area contributed by atoms with E-state index >= 15 is 0 Å². The van der Waals surface area contributed by atoms with Crippen LogP contribution in [-0.4, -0.2) is 4.98 Å². The molecule has 2 heteroatoms. The van der Waals surface area contributed by atoms with Gasteiger partial charge >= 0.3 is 0 Å². The highest BCUT2D eigenvalue weighted by Crippen LogP contribution is 2.08. The van der Waals surface area contributed by atoms with Crippen LogP contribution in [0.4, 0.5) is 0 Å². The number of hydrogen-bond donors (Lipinski definition) is 1. The monoisotopic (exact) mass is 201 g/mol. The fourth-order valence-electron chi connectivity index (χ4n) is 1.76. The van der Waals surface area contributed by atoms with Crippen molar-refractivity contribution in [3.05, 3.63) is 46.2 Å². The molecule has 1 aromatic carbocycles. The van der Waals surface area contributed by atoms with Crippen molar-refractivity contribution in [3.8, 4) is 0 Å². The predicted octanol–water partition coefficient (Wildman–Crippen LogP) is 2.87. The van der Waals surface area contributed by atoms with Gasteiger partial charge in [0, 0.05) is 22.7 Å². The highest BCUT2D eigenvalue weighted by atomic mass is 16.1. The molecule has 1 aromatic heterocycles. The molecule has 0 saturated heterocycles. The molecule has 0 atom stereocenters. The highest BCUT2D eigenvalue weighted by Gasteiger charge is 2.03. The molecule has 0 radical (unpaired) electrons. The molecule has 2 nitrogen and oxygen atoms in total. The molecule has 0 spiro atoms. The van der Waals surface area contributed by atoms with Gasteiger partial charge in [-0.05, 0) is 25.0 Å². The van der Waals surface area contributed by atoms with Gasteiger partial charge < -0.3 is 4.98 Å². The Kier molecular flexibility index (Phi) is 2.86. The summed E-state index contributed by atoms with van der Waals surface area (Å²) in [5.41, 5.74) is 2.00. The first kappa shape index (κ1) is 9.97. The van der Waals surface area contributed by atoms with Crippen molar-refractivity contribution in [2.75, 3.05) is 0 Å². The summed E-state index contributed by atoms with van der Waals surface area (Å²) in [6, 6.07) is 7.65. The Hall–Kier alpha value is -1.57. The van der Waals surface area contributed by atoms with E-state index in [-0.39, 0.29) is 5.43 Å². The van der Waals surface area contributed by atoms with E-state index < -0.39 is 0 Å². The van der Waals surface area contributed by atoms with Gasteiger partial charge in [0.05, 0.1) is 0 Å². The smallest absolute Gasteiger partial charge is 0.192 e. The van der Waals surface area contributed by atoms with E-state index in [2.05, 4.69) is 11.9 Å². The van der Waals surface area contributed by atoms with Crippen LogP contribution >= 0.6 is 0 Å². The summed E-state index contributed by atoms with van der Waals surface area (Å²) in [5.74, 6) is 0. The second kappa shape index (κ2) is 4.30. The minimum absolute atomic E-state index is 0.179. The van der Waals surface area contributed by atoms with E-state index in [9.17, 15) is 4.79 Å². The molecule has 78 valence electrons. The lowest BCUT2D eigenvalue weighted by atomic mass is 10.1. The van der Waals surface area contributed by atoms with E-state index in [4.69, 9.17) is 0 Å². The van der Waals surface area contributed by atoms with Crippen LogP contribution in [0.3, 0.4) is 0 Å². The molecule has 1 N–H and O–H groups in total. The van der Waals surface area contributed by atoms with Gasteiger partial charge in [0.1, 0.15) is 0 Å². The molecule has 2 rings (SSSR count). The van der Waals surface area contributed by atoms with Gasteiger partial charge in [-0.2, -0.15) is 0 Å². The Bertz CT molecular complexity index is 513. The largest absolute Gasteiger partial charge is 0.361 e. The number of unbranched alkanes of at least 4 members (excludes halogenated alkanes) is 1. The number of benzene rings is 1. The molecule has 0 unspecified atom stereocenters. The standard InChI is InChI=1S/C13H15NO/c1-2-3-6-10-9-14-12-8-5-4-7-11(12)13(10)15/h4-5,7-9H,2-3,6H2,1H3,(H,14,15). The summed E-state index contributed by atoms with van der Waals surface area (Å²) in [7, 11) is 0. The second-order valence-electron chi connectivity index (χ2n) is 3.79. The lowest BCUT2D eigenvalue weighted by Crippen LogP contribution is -2.09. The molecule has 0 aliphatic carbocycles. The van der Waals surface area contributed by atoms with Crippen molar-refractivity contribution < 1.29 is 0 Å². The minimum atomic E-state index is 0.179. The number of rotatable bonds is 3. The van der Waals surface area contributed by atoms with Crippen LogP contribution < -0.4 is 5.43 Å². The average Bonchev–Trinajstić information content (AvgIpc) is 2.29. The molecule has 0 fully saturated rings. The fourth-order valence-corrected chi connectivity index (χ4v) is 1.76. The maximum absolute atomic E-state index is 12.0. The van der Waals surface area contributed by atoms with Crippen LogP contribution in [0.15, 0.2) is 35.3 Å². The van der Waals surface area contributed by atoms with Gasteiger partial charge in [0.2, 0.25) is 0 Å². The average molecular weight is 201 g/mol. The van der Waals surface area contributed by atoms with Gasteiger partial charge in [-0.1, -0.05) is 25.5 Å². The van der Waals surface area contributed by atoms with Gasteiger partial charge in [-0.25, -0.2) is 0 Å². The highest BCUT2D eigenvalue weighted by molar-refractivity contribution is 5.78. The van der Waals surface area contributed by atoms with Crippen LogP contribution in [0.2, 0.25) is 0 Å². The summed E-state index contributed by atoms with van der Waals surface area (Å²) >= 11 is 0. The fraction of sp³-hybridized carbons (Fsp3) is 0.308. The summed E-state index contributed by atoms with van der Waals surface area (Å²) in [6.07, 6.45) is 4.91. The third kappa shape index (κ3) is 1.94. The molecule has 0 saturated carbocycles. The molecule has 2 aromatic rings. The zero-order valence-electron chi connectivity index (χ0n) is 8.92. The number of para-hydroxylation sites is 1. The Labute approximate surface area is 89.0 Å². The van der Waals surface area contributed by atoms with Crippen molar-refractivity contribution >= 4 is 10.9 Å². The number of aryl methyl sites for hydroxylation is 1. The van der Waals surface area contributed by atoms with E-state index in [1.807, 2.05) is 30.5 Å². The summed E-state index contributed by atoms with van der Waals surface area (Å²) in [5, 5.41) is 0.797. The van der Waals surface area contributed by atoms with Crippen LogP contribution in [-0.2, 0) is 6.42 Å². The molecule has 0 amide bonds. The number of H-pyrrole nitrogens is 1. The first-order valence-corrected chi connectivity index (χ1v) is 5.42. The number of pyridine rings is 1. The van der Waals surface area contributed by atoms with Crippen LogP contribution in [0.1, 0.15) is 25.3 Å². The summed E-state index contributed by atoms with van der Waals surface area (Å²) in [4.78, 5) is 15.2. The quantitative estimate of drug-likeness (QED) is 0.813. The second-order valence-corrected chi connectivity index (χ2v) is 3.79. The van der Waals surface area contributed by atoms with Crippen LogP contribution in [0, 0.1) is 0 Å².